The summed E-state index contributed by atoms with van der Waals surface area (Å²) in [6.45, 7) is -0.278. The van der Waals surface area contributed by atoms with Gasteiger partial charge >= 0.3 is 21.7 Å². The van der Waals surface area contributed by atoms with Crippen molar-refractivity contribution in [2.75, 3.05) is 12.3 Å². The van der Waals surface area contributed by atoms with Crippen molar-refractivity contribution in [3.8, 4) is 0 Å². The lowest BCUT2D eigenvalue weighted by Gasteiger charge is -2.16. The van der Waals surface area contributed by atoms with Crippen molar-refractivity contribution >= 4 is 31.5 Å². The van der Waals surface area contributed by atoms with Crippen molar-refractivity contribution in [3.05, 3.63) is 0 Å². The third-order valence-corrected chi connectivity index (χ3v) is 3.98. The van der Waals surface area contributed by atoms with Crippen LogP contribution in [0.5, 0.6) is 0 Å². The van der Waals surface area contributed by atoms with Crippen molar-refractivity contribution in [2.45, 2.75) is 12.8 Å². The lowest BCUT2D eigenvalue weighted by molar-refractivity contribution is 0.202. The van der Waals surface area contributed by atoms with Crippen molar-refractivity contribution in [1.29, 1.82) is 0 Å². The van der Waals surface area contributed by atoms with Crippen molar-refractivity contribution in [2.24, 2.45) is 0 Å². The van der Waals surface area contributed by atoms with E-state index in [2.05, 4.69) is 0 Å². The second kappa shape index (κ2) is 4.56. The molecule has 0 aliphatic carbocycles. The molecule has 17 heavy (non-hydrogen) atoms. The van der Waals surface area contributed by atoms with Crippen LogP contribution in [0, 0.1) is 0 Å². The fourth-order valence-corrected chi connectivity index (χ4v) is 2.84. The van der Waals surface area contributed by atoms with Gasteiger partial charge in [0.1, 0.15) is 0 Å². The minimum atomic E-state index is -5.33. The van der Waals surface area contributed by atoms with E-state index in [1.807, 2.05) is 0 Å². The molecule has 0 saturated carbocycles. The summed E-state index contributed by atoms with van der Waals surface area (Å²) in [6, 6.07) is -1.61. The van der Waals surface area contributed by atoms with Crippen molar-refractivity contribution in [3.63, 3.8) is 0 Å². The second-order valence-corrected chi connectivity index (χ2v) is 6.36. The van der Waals surface area contributed by atoms with Gasteiger partial charge in [-0.2, -0.15) is 8.42 Å². The third kappa shape index (κ3) is 3.63. The number of nitrogens with zero attached hydrogens (tertiary/aromatic N) is 1. The van der Waals surface area contributed by atoms with Crippen LogP contribution in [-0.2, 0) is 20.2 Å². The van der Waals surface area contributed by atoms with Crippen LogP contribution in [0.15, 0.2) is 0 Å². The highest BCUT2D eigenvalue weighted by Gasteiger charge is 2.35. The number of hydrogen-bond acceptors (Lipinski definition) is 6. The summed E-state index contributed by atoms with van der Waals surface area (Å²) < 4.78 is 55.9. The van der Waals surface area contributed by atoms with E-state index >= 15 is 0 Å². The van der Waals surface area contributed by atoms with Crippen LogP contribution in [0.1, 0.15) is 12.8 Å². The Kier molecular flexibility index (Phi) is 3.71. The molecule has 98 valence electrons. The van der Waals surface area contributed by atoms with Crippen LogP contribution in [0.2, 0.25) is 0 Å². The molecule has 1 N–H and O–H groups in total. The van der Waals surface area contributed by atoms with Crippen LogP contribution in [0.25, 0.3) is 0 Å². The molecule has 0 aromatic rings. The van der Waals surface area contributed by atoms with Crippen molar-refractivity contribution < 1.29 is 30.3 Å². The van der Waals surface area contributed by atoms with Gasteiger partial charge in [0, 0.05) is 6.54 Å². The van der Waals surface area contributed by atoms with Gasteiger partial charge in [-0.1, -0.05) is 3.89 Å². The van der Waals surface area contributed by atoms with E-state index in [1.54, 1.807) is 0 Å². The second-order valence-electron chi connectivity index (χ2n) is 3.29. The Labute approximate surface area is 97.0 Å². The Morgan fingerprint density at radius 1 is 1.35 bits per heavy atom. The molecule has 1 fully saturated rings. The van der Waals surface area contributed by atoms with E-state index in [4.69, 9.17) is 0 Å². The Balaban J connectivity index is 2.96. The van der Waals surface area contributed by atoms with Gasteiger partial charge in [0.15, 0.2) is 0 Å². The molecular formula is C6H9FN2O6S2. The quantitative estimate of drug-likeness (QED) is 0.652. The van der Waals surface area contributed by atoms with E-state index < -0.39 is 37.3 Å². The number of rotatable bonds is 1. The lowest BCUT2D eigenvalue weighted by atomic mass is 10.3. The van der Waals surface area contributed by atoms with Crippen LogP contribution in [0.4, 0.5) is 13.5 Å². The van der Waals surface area contributed by atoms with Gasteiger partial charge in [-0.25, -0.2) is 17.9 Å². The molecule has 1 heterocycles. The summed E-state index contributed by atoms with van der Waals surface area (Å²) in [5, 5.41) is -1.52. The third-order valence-electron chi connectivity index (χ3n) is 1.99. The first-order valence-electron chi connectivity index (χ1n) is 4.44. The molecule has 0 aromatic carbocycles. The standard InChI is InChI=1S/C6H9FN2O6S2/c7-17(14,15)8-5(10)9-3-1-2-4-16(12,13)6(9)11/h1-4H2,(H,8,10). The highest BCUT2D eigenvalue weighted by Crippen LogP contribution is 2.12. The normalized spacial score (nSPS) is 20.8. The number of imide groups is 1. The lowest BCUT2D eigenvalue weighted by Crippen LogP contribution is -2.46. The molecule has 11 heteroatoms. The Morgan fingerprint density at radius 2 is 1.94 bits per heavy atom. The number of sulfone groups is 1. The molecule has 0 unspecified atom stereocenters. The number of urea groups is 1. The molecule has 1 saturated heterocycles. The van der Waals surface area contributed by atoms with Crippen LogP contribution in [0.3, 0.4) is 0 Å². The van der Waals surface area contributed by atoms with E-state index in [9.17, 15) is 30.3 Å². The van der Waals surface area contributed by atoms with Gasteiger partial charge in [-0.05, 0) is 12.8 Å². The molecule has 0 spiro atoms. The zero-order chi connectivity index (χ0) is 13.3. The first-order chi connectivity index (χ1) is 7.63. The first kappa shape index (κ1) is 13.8. The zero-order valence-electron chi connectivity index (χ0n) is 8.42. The summed E-state index contributed by atoms with van der Waals surface area (Å²) in [6.07, 6.45) is 0.366. The molecule has 3 amide bonds. The number of amides is 3. The Morgan fingerprint density at radius 3 is 2.47 bits per heavy atom. The highest BCUT2D eigenvalue weighted by atomic mass is 32.3. The molecule has 1 aliphatic rings. The maximum atomic E-state index is 12.2. The molecule has 1 aliphatic heterocycles. The van der Waals surface area contributed by atoms with Crippen LogP contribution < -0.4 is 4.72 Å². The maximum absolute atomic E-state index is 12.2. The average Bonchev–Trinajstić information content (AvgIpc) is 2.24. The molecular weight excluding hydrogens is 279 g/mol. The number of carbonyl (C=O) groups is 2. The predicted molar refractivity (Wildman–Crippen MR) is 53.7 cm³/mol. The molecule has 0 aromatic heterocycles. The predicted octanol–water partition coefficient (Wildman–Crippen LogP) is -0.459. The number of hydrogen-bond donors (Lipinski definition) is 1. The van der Waals surface area contributed by atoms with Gasteiger partial charge in [0.25, 0.3) is 0 Å². The van der Waals surface area contributed by atoms with Crippen LogP contribution in [-0.4, -0.2) is 45.3 Å². The SMILES string of the molecule is O=C(NS(=O)(=O)F)N1CCCCS(=O)(=O)C1=O. The summed E-state index contributed by atoms with van der Waals surface area (Å²) in [7, 11) is -9.47. The van der Waals surface area contributed by atoms with Crippen molar-refractivity contribution in [1.82, 2.24) is 9.62 Å². The Bertz CT molecular complexity index is 539. The van der Waals surface area contributed by atoms with Gasteiger partial charge in [0.05, 0.1) is 5.75 Å². The number of halogens is 1. The fourth-order valence-electron chi connectivity index (χ4n) is 1.25. The van der Waals surface area contributed by atoms with Gasteiger partial charge in [0.2, 0.25) is 9.84 Å². The first-order valence-corrected chi connectivity index (χ1v) is 7.48. The highest BCUT2D eigenvalue weighted by molar-refractivity contribution is 8.06. The molecule has 8 nitrogen and oxygen atoms in total. The fraction of sp³-hybridized carbons (Fsp3) is 0.667. The minimum Gasteiger partial charge on any atom is -0.256 e. The van der Waals surface area contributed by atoms with Gasteiger partial charge in [-0.3, -0.25) is 9.69 Å². The summed E-state index contributed by atoms with van der Waals surface area (Å²) in [4.78, 5) is 22.7. The van der Waals surface area contributed by atoms with E-state index in [0.717, 1.165) is 4.72 Å². The van der Waals surface area contributed by atoms with E-state index in [1.165, 1.54) is 0 Å². The Hall–Kier alpha value is -1.23. The summed E-state index contributed by atoms with van der Waals surface area (Å²) in [5.74, 6) is -0.419. The van der Waals surface area contributed by atoms with Gasteiger partial charge in [-0.15, -0.1) is 0 Å². The molecule has 0 atom stereocenters. The smallest absolute Gasteiger partial charge is 0.256 e. The summed E-state index contributed by atoms with van der Waals surface area (Å²) in [5.41, 5.74) is 0. The number of carbonyl (C=O) groups excluding carboxylic acids is 2. The maximum Gasteiger partial charge on any atom is 0.400 e. The average molecular weight is 288 g/mol. The minimum absolute atomic E-state index is 0.166. The molecule has 0 radical (unpaired) electrons. The number of nitrogens with one attached hydrogen (secondary N) is 1. The zero-order valence-corrected chi connectivity index (χ0v) is 10.1. The molecule has 0 bridgehead atoms. The monoisotopic (exact) mass is 288 g/mol. The van der Waals surface area contributed by atoms with E-state index in [0.29, 0.717) is 0 Å². The van der Waals surface area contributed by atoms with Gasteiger partial charge < -0.3 is 0 Å². The summed E-state index contributed by atoms with van der Waals surface area (Å²) >= 11 is 0. The topological polar surface area (TPSA) is 118 Å². The molecule has 1 rings (SSSR count). The van der Waals surface area contributed by atoms with E-state index in [-0.39, 0.29) is 24.3 Å². The van der Waals surface area contributed by atoms with Crippen LogP contribution >= 0.6 is 0 Å². The largest absolute Gasteiger partial charge is 0.400 e.